The summed E-state index contributed by atoms with van der Waals surface area (Å²) >= 11 is 0. The Balaban J connectivity index is 0. The summed E-state index contributed by atoms with van der Waals surface area (Å²) in [7, 11) is 0. The average Bonchev–Trinajstić information content (AvgIpc) is 2.19. The zero-order valence-corrected chi connectivity index (χ0v) is 13.3. The minimum Gasteiger partial charge on any atom is -0.481 e. The van der Waals surface area contributed by atoms with Crippen molar-refractivity contribution in [3.05, 3.63) is 35.9 Å². The molecule has 0 aliphatic carbocycles. The van der Waals surface area contributed by atoms with E-state index in [9.17, 15) is 4.79 Å². The van der Waals surface area contributed by atoms with Crippen LogP contribution in [0.3, 0.4) is 0 Å². The Labute approximate surface area is 111 Å². The largest absolute Gasteiger partial charge is 0.481 e. The molecule has 0 unspecified atom stereocenters. The Morgan fingerprint density at radius 2 is 2.00 bits per heavy atom. The van der Waals surface area contributed by atoms with Crippen molar-refractivity contribution in [1.29, 1.82) is 0 Å². The second kappa shape index (κ2) is 10.8. The van der Waals surface area contributed by atoms with Crippen LogP contribution in [0, 0.1) is 12.0 Å². The second-order valence-corrected chi connectivity index (χ2v) is 3.73. The number of carboxylic acids is 1. The summed E-state index contributed by atoms with van der Waals surface area (Å²) in [6, 6.07) is 11.4. The molecule has 1 N–H and O–H groups in total. The molecule has 0 aromatic heterocycles. The molecule has 3 heteroatoms. The number of carboxylic acid groups (broad SMARTS) is 1. The molecular weight excluding hydrogens is 254 g/mol. The number of carbonyl (C=O) groups is 1. The van der Waals surface area contributed by atoms with Crippen molar-refractivity contribution in [2.45, 2.75) is 33.6 Å². The average molecular weight is 273 g/mol. The normalized spacial score (nSPS) is 8.75. The Hall–Kier alpha value is -0.687. The molecule has 0 fully saturated rings. The molecule has 86 valence electrons. The van der Waals surface area contributed by atoms with E-state index < -0.39 is 5.97 Å². The van der Waals surface area contributed by atoms with Gasteiger partial charge in [0, 0.05) is 25.9 Å². The van der Waals surface area contributed by atoms with E-state index in [0.29, 0.717) is 0 Å². The quantitative estimate of drug-likeness (QED) is 0.678. The van der Waals surface area contributed by atoms with Crippen LogP contribution < -0.4 is 0 Å². The third-order valence-corrected chi connectivity index (χ3v) is 1.70. The number of rotatable bonds is 3. The van der Waals surface area contributed by atoms with Crippen molar-refractivity contribution in [3.63, 3.8) is 0 Å². The molecule has 0 saturated carbocycles. The predicted molar refractivity (Wildman–Crippen MR) is 61.7 cm³/mol. The minimum absolute atomic E-state index is 0. The number of aliphatic carboxylic acids is 1. The van der Waals surface area contributed by atoms with Crippen molar-refractivity contribution in [2.24, 2.45) is 5.92 Å². The second-order valence-electron chi connectivity index (χ2n) is 3.73. The summed E-state index contributed by atoms with van der Waals surface area (Å²) in [4.78, 5) is 9.37. The first-order valence-corrected chi connectivity index (χ1v) is 5.23. The van der Waals surface area contributed by atoms with Gasteiger partial charge in [-0.15, -0.1) is 0 Å². The van der Waals surface area contributed by atoms with Crippen LogP contribution in [0.2, 0.25) is 0 Å². The van der Waals surface area contributed by atoms with Crippen LogP contribution in [-0.4, -0.2) is 11.1 Å². The van der Waals surface area contributed by atoms with Crippen LogP contribution in [0.25, 0.3) is 0 Å². The van der Waals surface area contributed by atoms with Crippen molar-refractivity contribution in [2.75, 3.05) is 0 Å². The van der Waals surface area contributed by atoms with Gasteiger partial charge in [0.2, 0.25) is 0 Å². The fourth-order valence-corrected chi connectivity index (χ4v) is 0.997. The van der Waals surface area contributed by atoms with E-state index in [-0.39, 0.29) is 25.9 Å². The van der Waals surface area contributed by atoms with Gasteiger partial charge in [0.25, 0.3) is 0 Å². The zero-order valence-electron chi connectivity index (χ0n) is 10.4. The summed E-state index contributed by atoms with van der Waals surface area (Å²) in [6.07, 6.45) is 1.36. The maximum atomic E-state index is 9.37. The molecule has 1 rings (SSSR count). The fraction of sp³-hybridized carbons (Fsp3) is 0.462. The molecule has 0 amide bonds. The number of hydrogen-bond donors (Lipinski definition) is 1. The third kappa shape index (κ3) is 11.4. The van der Waals surface area contributed by atoms with Crippen molar-refractivity contribution in [3.8, 4) is 0 Å². The number of hydrogen-bond acceptors (Lipinski definition) is 1. The Morgan fingerprint density at radius 1 is 1.44 bits per heavy atom. The van der Waals surface area contributed by atoms with E-state index >= 15 is 0 Å². The summed E-state index contributed by atoms with van der Waals surface area (Å²) in [5.41, 5.74) is 1.32. The van der Waals surface area contributed by atoms with Gasteiger partial charge in [-0.2, -0.15) is 35.9 Å². The monoisotopic (exact) mass is 271 g/mol. The first kappa shape index (κ1) is 17.7. The van der Waals surface area contributed by atoms with Gasteiger partial charge in [-0.3, -0.25) is 4.79 Å². The van der Waals surface area contributed by atoms with Crippen molar-refractivity contribution >= 4 is 5.97 Å². The SMILES string of the molecule is CC(C)Cc1[c-]cccc1.CCC(=O)O.[Zn]. The summed E-state index contributed by atoms with van der Waals surface area (Å²) in [5.74, 6) is -0.0105. The van der Waals surface area contributed by atoms with Gasteiger partial charge in [0.05, 0.1) is 0 Å². The van der Waals surface area contributed by atoms with Gasteiger partial charge in [0.15, 0.2) is 0 Å². The molecule has 1 aromatic carbocycles. The molecule has 0 aliphatic rings. The topological polar surface area (TPSA) is 37.3 Å². The Kier molecular flexibility index (Phi) is 12.0. The zero-order chi connectivity index (χ0) is 11.7. The smallest absolute Gasteiger partial charge is 0.303 e. The summed E-state index contributed by atoms with van der Waals surface area (Å²) < 4.78 is 0. The molecule has 0 bridgehead atoms. The molecule has 16 heavy (non-hydrogen) atoms. The predicted octanol–water partition coefficient (Wildman–Crippen LogP) is 3.16. The van der Waals surface area contributed by atoms with Gasteiger partial charge in [0.1, 0.15) is 0 Å². The molecule has 0 heterocycles. The molecule has 0 spiro atoms. The van der Waals surface area contributed by atoms with Crippen LogP contribution >= 0.6 is 0 Å². The Morgan fingerprint density at radius 3 is 2.31 bits per heavy atom. The van der Waals surface area contributed by atoms with Crippen LogP contribution in [0.5, 0.6) is 0 Å². The van der Waals surface area contributed by atoms with Crippen LogP contribution in [0.4, 0.5) is 0 Å². The standard InChI is InChI=1S/C10H13.C3H6O2.Zn/c1-9(2)8-10-6-4-3-5-7-10;1-2-3(4)5;/h3-6,9H,8H2,1-2H3;2H2,1H3,(H,4,5);/q-1;;. The van der Waals surface area contributed by atoms with Gasteiger partial charge in [-0.1, -0.05) is 20.8 Å². The summed E-state index contributed by atoms with van der Waals surface area (Å²) in [6.45, 7) is 6.05. The van der Waals surface area contributed by atoms with E-state index in [1.807, 2.05) is 12.1 Å². The summed E-state index contributed by atoms with van der Waals surface area (Å²) in [5, 5.41) is 7.72. The van der Waals surface area contributed by atoms with E-state index in [0.717, 1.165) is 12.3 Å². The maximum Gasteiger partial charge on any atom is 0.303 e. The molecule has 0 saturated heterocycles. The van der Waals surface area contributed by atoms with Crippen LogP contribution in [0.1, 0.15) is 32.8 Å². The molecule has 2 nitrogen and oxygen atoms in total. The van der Waals surface area contributed by atoms with Crippen LogP contribution in [0.15, 0.2) is 24.3 Å². The van der Waals surface area contributed by atoms with Gasteiger partial charge < -0.3 is 5.11 Å². The van der Waals surface area contributed by atoms with Gasteiger partial charge >= 0.3 is 5.97 Å². The van der Waals surface area contributed by atoms with E-state index in [4.69, 9.17) is 5.11 Å². The molecule has 0 radical (unpaired) electrons. The molecule has 0 aliphatic heterocycles. The molecule has 1 aromatic rings. The third-order valence-electron chi connectivity index (χ3n) is 1.70. The van der Waals surface area contributed by atoms with E-state index in [1.165, 1.54) is 5.56 Å². The van der Waals surface area contributed by atoms with Gasteiger partial charge in [-0.25, -0.2) is 0 Å². The van der Waals surface area contributed by atoms with Crippen LogP contribution in [-0.2, 0) is 30.7 Å². The van der Waals surface area contributed by atoms with E-state index in [1.54, 1.807) is 6.92 Å². The first-order chi connectivity index (χ1) is 7.06. The molecule has 0 atom stereocenters. The van der Waals surface area contributed by atoms with E-state index in [2.05, 4.69) is 32.0 Å². The van der Waals surface area contributed by atoms with Gasteiger partial charge in [-0.05, 0) is 12.3 Å². The fourth-order valence-electron chi connectivity index (χ4n) is 0.997. The minimum atomic E-state index is -0.745. The molecular formula is C13H19O2Zn-. The Bertz CT molecular complexity index is 271. The number of benzene rings is 1. The first-order valence-electron chi connectivity index (χ1n) is 5.23. The van der Waals surface area contributed by atoms with Crippen molar-refractivity contribution in [1.82, 2.24) is 0 Å². The van der Waals surface area contributed by atoms with Crippen molar-refractivity contribution < 1.29 is 29.4 Å². The maximum absolute atomic E-state index is 9.37.